The van der Waals surface area contributed by atoms with Crippen molar-refractivity contribution in [2.75, 3.05) is 18.5 Å². The SMILES string of the molecule is CCNCc1ccc(N(C)C2CCCCC2)c(OC(C)C)c1. The average molecular weight is 304 g/mol. The largest absolute Gasteiger partial charge is 0.489 e. The second-order valence-corrected chi connectivity index (χ2v) is 6.65. The van der Waals surface area contributed by atoms with E-state index in [2.05, 4.69) is 56.2 Å². The number of hydrogen-bond acceptors (Lipinski definition) is 3. The molecule has 0 saturated heterocycles. The highest BCUT2D eigenvalue weighted by Gasteiger charge is 2.21. The van der Waals surface area contributed by atoms with E-state index in [1.165, 1.54) is 43.4 Å². The van der Waals surface area contributed by atoms with Crippen LogP contribution in [0.1, 0.15) is 58.4 Å². The molecule has 3 heteroatoms. The molecular formula is C19H32N2O. The lowest BCUT2D eigenvalue weighted by atomic mass is 9.94. The number of benzene rings is 1. The minimum absolute atomic E-state index is 0.202. The first-order valence-electron chi connectivity index (χ1n) is 8.85. The molecule has 0 atom stereocenters. The number of hydrogen-bond donors (Lipinski definition) is 1. The van der Waals surface area contributed by atoms with Gasteiger partial charge in [-0.2, -0.15) is 0 Å². The Morgan fingerprint density at radius 2 is 1.95 bits per heavy atom. The lowest BCUT2D eigenvalue weighted by Crippen LogP contribution is -2.33. The average Bonchev–Trinajstić information content (AvgIpc) is 2.53. The van der Waals surface area contributed by atoms with E-state index in [9.17, 15) is 0 Å². The molecule has 1 fully saturated rings. The maximum absolute atomic E-state index is 6.11. The molecule has 0 aromatic heterocycles. The molecule has 3 nitrogen and oxygen atoms in total. The Kier molecular flexibility index (Phi) is 6.56. The molecule has 1 saturated carbocycles. The Bertz CT molecular complexity index is 453. The Balaban J connectivity index is 2.19. The van der Waals surface area contributed by atoms with Crippen molar-refractivity contribution >= 4 is 5.69 Å². The molecule has 0 aliphatic heterocycles. The van der Waals surface area contributed by atoms with Crippen molar-refractivity contribution in [3.05, 3.63) is 23.8 Å². The van der Waals surface area contributed by atoms with Crippen LogP contribution < -0.4 is 15.0 Å². The van der Waals surface area contributed by atoms with E-state index < -0.39 is 0 Å². The van der Waals surface area contributed by atoms with E-state index >= 15 is 0 Å². The predicted octanol–water partition coefficient (Wildman–Crippen LogP) is 4.35. The molecule has 1 aromatic rings. The van der Waals surface area contributed by atoms with Gasteiger partial charge in [0.2, 0.25) is 0 Å². The third kappa shape index (κ3) is 4.64. The van der Waals surface area contributed by atoms with Crippen molar-refractivity contribution in [2.45, 2.75) is 71.6 Å². The molecule has 124 valence electrons. The number of nitrogens with zero attached hydrogens (tertiary/aromatic N) is 1. The summed E-state index contributed by atoms with van der Waals surface area (Å²) in [6, 6.07) is 7.32. The highest BCUT2D eigenvalue weighted by Crippen LogP contribution is 2.34. The van der Waals surface area contributed by atoms with Crippen molar-refractivity contribution in [1.29, 1.82) is 0 Å². The second kappa shape index (κ2) is 8.42. The van der Waals surface area contributed by atoms with Crippen molar-refractivity contribution in [3.8, 4) is 5.75 Å². The van der Waals surface area contributed by atoms with Crippen molar-refractivity contribution in [2.24, 2.45) is 0 Å². The van der Waals surface area contributed by atoms with Crippen LogP contribution >= 0.6 is 0 Å². The van der Waals surface area contributed by atoms with Crippen molar-refractivity contribution in [1.82, 2.24) is 5.32 Å². The lowest BCUT2D eigenvalue weighted by molar-refractivity contribution is 0.242. The summed E-state index contributed by atoms with van der Waals surface area (Å²) >= 11 is 0. The van der Waals surface area contributed by atoms with Crippen LogP contribution in [0.3, 0.4) is 0 Å². The van der Waals surface area contributed by atoms with Gasteiger partial charge in [0.1, 0.15) is 5.75 Å². The Labute approximate surface area is 136 Å². The predicted molar refractivity (Wildman–Crippen MR) is 94.9 cm³/mol. The van der Waals surface area contributed by atoms with Crippen LogP contribution in [0, 0.1) is 0 Å². The zero-order valence-electron chi connectivity index (χ0n) is 14.7. The summed E-state index contributed by atoms with van der Waals surface area (Å²) in [6.07, 6.45) is 6.91. The van der Waals surface area contributed by atoms with E-state index in [1.807, 2.05) is 0 Å². The summed E-state index contributed by atoms with van der Waals surface area (Å²) in [7, 11) is 2.22. The van der Waals surface area contributed by atoms with E-state index in [4.69, 9.17) is 4.74 Å². The highest BCUT2D eigenvalue weighted by molar-refractivity contribution is 5.60. The first kappa shape index (κ1) is 17.1. The van der Waals surface area contributed by atoms with E-state index in [0.29, 0.717) is 6.04 Å². The number of anilines is 1. The normalized spacial score (nSPS) is 16.0. The number of ether oxygens (including phenoxy) is 1. The van der Waals surface area contributed by atoms with Gasteiger partial charge < -0.3 is 15.0 Å². The molecule has 0 amide bonds. The first-order valence-corrected chi connectivity index (χ1v) is 8.85. The van der Waals surface area contributed by atoms with Gasteiger partial charge in [-0.25, -0.2) is 0 Å². The van der Waals surface area contributed by atoms with E-state index in [-0.39, 0.29) is 6.10 Å². The minimum Gasteiger partial charge on any atom is -0.489 e. The second-order valence-electron chi connectivity index (χ2n) is 6.65. The molecule has 2 rings (SSSR count). The zero-order chi connectivity index (χ0) is 15.9. The van der Waals surface area contributed by atoms with Crippen LogP contribution in [-0.2, 0) is 6.54 Å². The minimum atomic E-state index is 0.202. The highest BCUT2D eigenvalue weighted by atomic mass is 16.5. The molecular weight excluding hydrogens is 272 g/mol. The summed E-state index contributed by atoms with van der Waals surface area (Å²) in [6.45, 7) is 8.22. The van der Waals surface area contributed by atoms with Gasteiger partial charge in [0.25, 0.3) is 0 Å². The summed E-state index contributed by atoms with van der Waals surface area (Å²) in [5, 5.41) is 3.39. The molecule has 0 radical (unpaired) electrons. The van der Waals surface area contributed by atoms with Gasteiger partial charge in [0, 0.05) is 19.6 Å². The Morgan fingerprint density at radius 3 is 2.59 bits per heavy atom. The van der Waals surface area contributed by atoms with Gasteiger partial charge >= 0.3 is 0 Å². The third-order valence-corrected chi connectivity index (χ3v) is 4.47. The molecule has 1 aliphatic rings. The fourth-order valence-electron chi connectivity index (χ4n) is 3.24. The van der Waals surface area contributed by atoms with Gasteiger partial charge in [-0.1, -0.05) is 32.3 Å². The van der Waals surface area contributed by atoms with Gasteiger partial charge in [-0.15, -0.1) is 0 Å². The first-order chi connectivity index (χ1) is 10.6. The van der Waals surface area contributed by atoms with Crippen molar-refractivity contribution in [3.63, 3.8) is 0 Å². The molecule has 0 bridgehead atoms. The van der Waals surface area contributed by atoms with E-state index in [0.717, 1.165) is 18.8 Å². The maximum Gasteiger partial charge on any atom is 0.143 e. The summed E-state index contributed by atoms with van der Waals surface area (Å²) < 4.78 is 6.11. The molecule has 22 heavy (non-hydrogen) atoms. The summed E-state index contributed by atoms with van der Waals surface area (Å²) in [5.74, 6) is 1.03. The standard InChI is InChI=1S/C19H32N2O/c1-5-20-14-16-11-12-18(19(13-16)22-15(2)3)21(4)17-9-7-6-8-10-17/h11-13,15,17,20H,5-10,14H2,1-4H3. The monoisotopic (exact) mass is 304 g/mol. The van der Waals surface area contributed by atoms with E-state index in [1.54, 1.807) is 0 Å². The van der Waals surface area contributed by atoms with Crippen LogP contribution in [0.25, 0.3) is 0 Å². The molecule has 1 aliphatic carbocycles. The molecule has 0 heterocycles. The van der Waals surface area contributed by atoms with Gasteiger partial charge in [-0.3, -0.25) is 0 Å². The fraction of sp³-hybridized carbons (Fsp3) is 0.684. The van der Waals surface area contributed by atoms with Crippen LogP contribution in [0.5, 0.6) is 5.75 Å². The van der Waals surface area contributed by atoms with Crippen LogP contribution in [0.4, 0.5) is 5.69 Å². The zero-order valence-corrected chi connectivity index (χ0v) is 14.7. The van der Waals surface area contributed by atoms with Gasteiger partial charge in [0.15, 0.2) is 0 Å². The van der Waals surface area contributed by atoms with Crippen LogP contribution in [-0.4, -0.2) is 25.7 Å². The van der Waals surface area contributed by atoms with Gasteiger partial charge in [0.05, 0.1) is 11.8 Å². The van der Waals surface area contributed by atoms with Crippen LogP contribution in [0.15, 0.2) is 18.2 Å². The van der Waals surface area contributed by atoms with Gasteiger partial charge in [-0.05, 0) is 50.9 Å². The number of nitrogens with one attached hydrogen (secondary N) is 1. The molecule has 0 spiro atoms. The van der Waals surface area contributed by atoms with Crippen LogP contribution in [0.2, 0.25) is 0 Å². The summed E-state index contributed by atoms with van der Waals surface area (Å²) in [4.78, 5) is 2.44. The Hall–Kier alpha value is -1.22. The molecule has 1 aromatic carbocycles. The topological polar surface area (TPSA) is 24.5 Å². The molecule has 0 unspecified atom stereocenters. The maximum atomic E-state index is 6.11. The number of rotatable bonds is 7. The fourth-order valence-corrected chi connectivity index (χ4v) is 3.24. The quantitative estimate of drug-likeness (QED) is 0.810. The Morgan fingerprint density at radius 1 is 1.23 bits per heavy atom. The smallest absolute Gasteiger partial charge is 0.143 e. The van der Waals surface area contributed by atoms with Crippen molar-refractivity contribution < 1.29 is 4.74 Å². The third-order valence-electron chi connectivity index (χ3n) is 4.47. The summed E-state index contributed by atoms with van der Waals surface area (Å²) in [5.41, 5.74) is 2.53. The molecule has 1 N–H and O–H groups in total. The lowest BCUT2D eigenvalue weighted by Gasteiger charge is -2.34.